The average molecular weight is 459 g/mol. The van der Waals surface area contributed by atoms with Gasteiger partial charge in [0.05, 0.1) is 41.2 Å². The number of benzene rings is 1. The zero-order chi connectivity index (χ0) is 22.1. The molecule has 1 aliphatic heterocycles. The molecule has 31 heavy (non-hydrogen) atoms. The standard InChI is InChI=1S/C22H16Cl2N2O5/c1-30-21-14(23)9-12(10-15(21)24)19(27)17-18(16-6-4-8-31-16)26(22(29)20(17)28)11-13-5-2-3-7-25-13/h2-10,18,27H,11H2,1H3/b19-17-. The molecule has 1 saturated heterocycles. The van der Waals surface area contributed by atoms with Crippen LogP contribution in [0.4, 0.5) is 0 Å². The van der Waals surface area contributed by atoms with Gasteiger partial charge in [-0.15, -0.1) is 0 Å². The quantitative estimate of drug-likeness (QED) is 0.340. The van der Waals surface area contributed by atoms with Crippen molar-refractivity contribution in [2.45, 2.75) is 12.6 Å². The van der Waals surface area contributed by atoms with E-state index in [1.807, 2.05) is 0 Å². The number of pyridine rings is 1. The van der Waals surface area contributed by atoms with Gasteiger partial charge in [-0.3, -0.25) is 14.6 Å². The zero-order valence-corrected chi connectivity index (χ0v) is 17.7. The summed E-state index contributed by atoms with van der Waals surface area (Å²) < 4.78 is 10.6. The first-order valence-electron chi connectivity index (χ1n) is 9.17. The number of methoxy groups -OCH3 is 1. The van der Waals surface area contributed by atoms with E-state index < -0.39 is 23.5 Å². The SMILES string of the molecule is COc1c(Cl)cc(/C(O)=C2/C(=O)C(=O)N(Cc3ccccn3)C2c2ccco2)cc1Cl. The van der Waals surface area contributed by atoms with E-state index in [1.54, 1.807) is 36.5 Å². The van der Waals surface area contributed by atoms with Crippen molar-refractivity contribution in [3.05, 3.63) is 87.6 Å². The Labute approximate surface area is 187 Å². The highest BCUT2D eigenvalue weighted by Crippen LogP contribution is 2.42. The minimum absolute atomic E-state index is 0.0533. The largest absolute Gasteiger partial charge is 0.507 e. The number of ketones is 1. The van der Waals surface area contributed by atoms with Gasteiger partial charge in [-0.25, -0.2) is 0 Å². The molecule has 1 amide bonds. The maximum absolute atomic E-state index is 13.0. The van der Waals surface area contributed by atoms with Gasteiger partial charge >= 0.3 is 0 Å². The van der Waals surface area contributed by atoms with Crippen molar-refractivity contribution in [3.8, 4) is 5.75 Å². The summed E-state index contributed by atoms with van der Waals surface area (Å²) in [7, 11) is 1.41. The van der Waals surface area contributed by atoms with Gasteiger partial charge in [-0.2, -0.15) is 0 Å². The second-order valence-corrected chi connectivity index (χ2v) is 7.55. The molecule has 0 aliphatic carbocycles. The van der Waals surface area contributed by atoms with E-state index in [-0.39, 0.29) is 33.5 Å². The summed E-state index contributed by atoms with van der Waals surface area (Å²) in [6.07, 6.45) is 3.02. The van der Waals surface area contributed by atoms with Crippen molar-refractivity contribution in [1.82, 2.24) is 9.88 Å². The zero-order valence-electron chi connectivity index (χ0n) is 16.2. The van der Waals surface area contributed by atoms with Crippen LogP contribution in [0.3, 0.4) is 0 Å². The highest BCUT2D eigenvalue weighted by atomic mass is 35.5. The van der Waals surface area contributed by atoms with E-state index in [0.717, 1.165) is 0 Å². The topological polar surface area (TPSA) is 92.9 Å². The third kappa shape index (κ3) is 3.78. The molecule has 0 saturated carbocycles. The molecular weight excluding hydrogens is 443 g/mol. The lowest BCUT2D eigenvalue weighted by Gasteiger charge is -2.23. The normalized spacial score (nSPS) is 17.9. The number of Topliss-reactive ketones (excluding diaryl/α,β-unsaturated/α-hetero) is 1. The second kappa shape index (κ2) is 8.45. The van der Waals surface area contributed by atoms with E-state index in [0.29, 0.717) is 11.5 Å². The van der Waals surface area contributed by atoms with Crippen LogP contribution in [0.5, 0.6) is 5.75 Å². The van der Waals surface area contributed by atoms with Crippen LogP contribution in [0.2, 0.25) is 10.0 Å². The Hall–Kier alpha value is -3.29. The lowest BCUT2D eigenvalue weighted by molar-refractivity contribution is -0.140. The monoisotopic (exact) mass is 458 g/mol. The molecule has 0 radical (unpaired) electrons. The molecule has 1 atom stereocenters. The molecule has 2 aromatic heterocycles. The van der Waals surface area contributed by atoms with E-state index >= 15 is 0 Å². The summed E-state index contributed by atoms with van der Waals surface area (Å²) in [4.78, 5) is 31.4. The third-order valence-corrected chi connectivity index (χ3v) is 5.45. The average Bonchev–Trinajstić information content (AvgIpc) is 3.36. The Kier molecular flexibility index (Phi) is 5.71. The van der Waals surface area contributed by atoms with Gasteiger partial charge in [-0.05, 0) is 36.4 Å². The van der Waals surface area contributed by atoms with Crippen molar-refractivity contribution in [3.63, 3.8) is 0 Å². The molecule has 1 fully saturated rings. The summed E-state index contributed by atoms with van der Waals surface area (Å²) in [5.41, 5.74) is 0.618. The van der Waals surface area contributed by atoms with Crippen LogP contribution in [-0.4, -0.2) is 33.8 Å². The van der Waals surface area contributed by atoms with Crippen molar-refractivity contribution in [2.75, 3.05) is 7.11 Å². The fourth-order valence-electron chi connectivity index (χ4n) is 3.50. The Morgan fingerprint density at radius 1 is 1.19 bits per heavy atom. The van der Waals surface area contributed by atoms with Crippen molar-refractivity contribution in [2.24, 2.45) is 0 Å². The molecule has 3 heterocycles. The summed E-state index contributed by atoms with van der Waals surface area (Å²) in [5.74, 6) is -1.49. The molecule has 9 heteroatoms. The van der Waals surface area contributed by atoms with Crippen molar-refractivity contribution < 1.29 is 23.8 Å². The predicted octanol–water partition coefficient (Wildman–Crippen LogP) is 4.61. The number of ether oxygens (including phenoxy) is 1. The van der Waals surface area contributed by atoms with Gasteiger partial charge in [0.15, 0.2) is 5.75 Å². The Balaban J connectivity index is 1.85. The number of carbonyl (C=O) groups excluding carboxylic acids is 2. The van der Waals surface area contributed by atoms with Crippen LogP contribution in [-0.2, 0) is 16.1 Å². The van der Waals surface area contributed by atoms with E-state index in [2.05, 4.69) is 4.98 Å². The Morgan fingerprint density at radius 2 is 1.94 bits per heavy atom. The van der Waals surface area contributed by atoms with Gasteiger partial charge in [0.2, 0.25) is 0 Å². The van der Waals surface area contributed by atoms with E-state index in [4.69, 9.17) is 32.4 Å². The van der Waals surface area contributed by atoms with Gasteiger partial charge < -0.3 is 19.2 Å². The summed E-state index contributed by atoms with van der Waals surface area (Å²) in [6, 6.07) is 10.4. The molecule has 1 aromatic carbocycles. The minimum Gasteiger partial charge on any atom is -0.507 e. The van der Waals surface area contributed by atoms with Crippen LogP contribution < -0.4 is 4.74 Å². The minimum atomic E-state index is -0.948. The molecule has 3 aromatic rings. The third-order valence-electron chi connectivity index (χ3n) is 4.89. The molecule has 7 nitrogen and oxygen atoms in total. The first-order chi connectivity index (χ1) is 14.9. The van der Waals surface area contributed by atoms with Crippen LogP contribution in [0.1, 0.15) is 23.1 Å². The Morgan fingerprint density at radius 3 is 2.52 bits per heavy atom. The molecule has 1 aliphatic rings. The van der Waals surface area contributed by atoms with Gasteiger partial charge in [0.25, 0.3) is 11.7 Å². The number of aliphatic hydroxyl groups is 1. The number of hydrogen-bond donors (Lipinski definition) is 1. The van der Waals surface area contributed by atoms with Crippen LogP contribution in [0, 0.1) is 0 Å². The predicted molar refractivity (Wildman–Crippen MR) is 114 cm³/mol. The van der Waals surface area contributed by atoms with Crippen molar-refractivity contribution in [1.29, 1.82) is 0 Å². The fourth-order valence-corrected chi connectivity index (χ4v) is 4.14. The molecule has 158 valence electrons. The van der Waals surface area contributed by atoms with Crippen molar-refractivity contribution >= 4 is 40.7 Å². The number of carbonyl (C=O) groups is 2. The fraction of sp³-hybridized carbons (Fsp3) is 0.136. The number of furan rings is 1. The number of amides is 1. The molecular formula is C22H16Cl2N2O5. The van der Waals surface area contributed by atoms with E-state index in [1.165, 1.54) is 30.4 Å². The summed E-state index contributed by atoms with van der Waals surface area (Å²) in [5, 5.41) is 11.3. The number of likely N-dealkylation sites (tertiary alicyclic amines) is 1. The molecule has 0 spiro atoms. The highest BCUT2D eigenvalue weighted by molar-refractivity contribution is 6.46. The van der Waals surface area contributed by atoms with Crippen LogP contribution in [0.15, 0.2) is 64.9 Å². The Bertz CT molecular complexity index is 1150. The molecule has 0 bridgehead atoms. The summed E-state index contributed by atoms with van der Waals surface area (Å²) in [6.45, 7) is 0.0533. The number of rotatable bonds is 5. The lowest BCUT2D eigenvalue weighted by Crippen LogP contribution is -2.29. The number of aliphatic hydroxyl groups excluding tert-OH is 1. The van der Waals surface area contributed by atoms with Gasteiger partial charge in [-0.1, -0.05) is 29.3 Å². The molecule has 4 rings (SSSR count). The number of halogens is 2. The second-order valence-electron chi connectivity index (χ2n) is 6.74. The number of aromatic nitrogens is 1. The van der Waals surface area contributed by atoms with Gasteiger partial charge in [0.1, 0.15) is 17.6 Å². The maximum Gasteiger partial charge on any atom is 0.296 e. The number of hydrogen-bond acceptors (Lipinski definition) is 6. The van der Waals surface area contributed by atoms with Gasteiger partial charge in [0, 0.05) is 11.8 Å². The summed E-state index contributed by atoms with van der Waals surface area (Å²) >= 11 is 12.4. The smallest absolute Gasteiger partial charge is 0.296 e. The van der Waals surface area contributed by atoms with Crippen LogP contribution >= 0.6 is 23.2 Å². The molecule has 1 N–H and O–H groups in total. The van der Waals surface area contributed by atoms with E-state index in [9.17, 15) is 14.7 Å². The lowest BCUT2D eigenvalue weighted by atomic mass is 9.99. The maximum atomic E-state index is 13.0. The first kappa shape index (κ1) is 21.0. The van der Waals surface area contributed by atoms with Crippen LogP contribution in [0.25, 0.3) is 5.76 Å². The highest BCUT2D eigenvalue weighted by Gasteiger charge is 2.47. The number of nitrogens with zero attached hydrogens (tertiary/aromatic N) is 2. The first-order valence-corrected chi connectivity index (χ1v) is 9.93. The molecule has 1 unspecified atom stereocenters.